The summed E-state index contributed by atoms with van der Waals surface area (Å²) in [6, 6.07) is 3.54. The average Bonchev–Trinajstić information content (AvgIpc) is 2.17. The Bertz CT molecular complexity index is 490. The number of hydrogen-bond donors (Lipinski definition) is 0. The summed E-state index contributed by atoms with van der Waals surface area (Å²) in [4.78, 5) is 4.01. The second kappa shape index (κ2) is 5.22. The van der Waals surface area contributed by atoms with Crippen molar-refractivity contribution in [3.63, 3.8) is 0 Å². The molecule has 0 fully saturated rings. The minimum Gasteiger partial charge on any atom is -0.206 e. The number of hydrogen-bond acceptors (Lipinski definition) is 1. The second-order valence-corrected chi connectivity index (χ2v) is 3.26. The number of halogens is 2. The number of pyridine rings is 1. The molecule has 0 spiro atoms. The van der Waals surface area contributed by atoms with E-state index in [2.05, 4.69) is 11.1 Å². The molecule has 0 saturated heterocycles. The minimum absolute atomic E-state index is 0. The standard InChI is InChI=1S/C12H8F2N.Ir/c1-8-4-5-15-12(6-8)10-3-2-9(13)7-11(10)14;/h2,4-7H,1H3;/q+1;. The van der Waals surface area contributed by atoms with Crippen molar-refractivity contribution in [2.45, 2.75) is 6.92 Å². The number of aryl methyl sites for hydroxylation is 1. The van der Waals surface area contributed by atoms with Crippen molar-refractivity contribution < 1.29 is 28.9 Å². The van der Waals surface area contributed by atoms with E-state index >= 15 is 0 Å². The molecule has 1 nitrogen and oxygen atoms in total. The zero-order valence-electron chi connectivity index (χ0n) is 8.42. The Morgan fingerprint density at radius 1 is 1.31 bits per heavy atom. The van der Waals surface area contributed by atoms with E-state index in [-0.39, 0.29) is 25.7 Å². The molecule has 0 aliphatic heterocycles. The molecule has 83 valence electrons. The van der Waals surface area contributed by atoms with Crippen molar-refractivity contribution in [2.75, 3.05) is 0 Å². The molecule has 0 aromatic carbocycles. The zero-order chi connectivity index (χ0) is 10.8. The molecule has 4 heteroatoms. The fourth-order valence-corrected chi connectivity index (χ4v) is 1.31. The van der Waals surface area contributed by atoms with Crippen LogP contribution in [0.1, 0.15) is 11.3 Å². The van der Waals surface area contributed by atoms with Crippen LogP contribution in [-0.2, 0) is 20.1 Å². The summed E-state index contributed by atoms with van der Waals surface area (Å²) in [5.41, 5.74) is 1.63. The van der Waals surface area contributed by atoms with Gasteiger partial charge in [-0.1, -0.05) is 0 Å². The number of nitrogens with zero attached hydrogens (tertiary/aromatic N) is 1. The van der Waals surface area contributed by atoms with Crippen LogP contribution < -0.4 is 0 Å². The van der Waals surface area contributed by atoms with Crippen molar-refractivity contribution in [2.24, 2.45) is 0 Å². The molecule has 0 bridgehead atoms. The Morgan fingerprint density at radius 2 is 2.06 bits per heavy atom. The summed E-state index contributed by atoms with van der Waals surface area (Å²) < 4.78 is 26.0. The van der Waals surface area contributed by atoms with Gasteiger partial charge in [-0.2, -0.15) is 0 Å². The number of rotatable bonds is 1. The van der Waals surface area contributed by atoms with E-state index in [9.17, 15) is 8.78 Å². The summed E-state index contributed by atoms with van der Waals surface area (Å²) in [7, 11) is 0. The predicted octanol–water partition coefficient (Wildman–Crippen LogP) is 3.29. The maximum absolute atomic E-state index is 13.4. The van der Waals surface area contributed by atoms with Gasteiger partial charge in [0.2, 0.25) is 17.2 Å². The van der Waals surface area contributed by atoms with Gasteiger partial charge in [0, 0.05) is 38.4 Å². The maximum atomic E-state index is 13.4. The van der Waals surface area contributed by atoms with Crippen molar-refractivity contribution in [3.05, 3.63) is 59.5 Å². The van der Waals surface area contributed by atoms with Gasteiger partial charge in [0.15, 0.2) is 5.69 Å². The van der Waals surface area contributed by atoms with Crippen LogP contribution in [0.4, 0.5) is 8.78 Å². The Balaban J connectivity index is 0.00000128. The molecule has 1 aliphatic rings. The van der Waals surface area contributed by atoms with E-state index in [0.717, 1.165) is 17.7 Å². The fraction of sp³-hybridized carbons (Fsp3) is 0.0833. The van der Waals surface area contributed by atoms with Gasteiger partial charge in [0.1, 0.15) is 6.08 Å². The summed E-state index contributed by atoms with van der Waals surface area (Å²) >= 11 is 0. The van der Waals surface area contributed by atoms with E-state index in [1.54, 1.807) is 12.3 Å². The first-order valence-corrected chi connectivity index (χ1v) is 4.46. The van der Waals surface area contributed by atoms with Gasteiger partial charge in [0.05, 0.1) is 6.08 Å². The van der Waals surface area contributed by atoms with E-state index in [4.69, 9.17) is 0 Å². The summed E-state index contributed by atoms with van der Waals surface area (Å²) in [6.07, 6.45) is 6.05. The first-order valence-electron chi connectivity index (χ1n) is 4.46. The Labute approximate surface area is 106 Å². The molecular formula is C12H8F2IrN+. The maximum Gasteiger partial charge on any atom is 0.236 e. The van der Waals surface area contributed by atoms with Crippen molar-refractivity contribution in [1.82, 2.24) is 4.98 Å². The summed E-state index contributed by atoms with van der Waals surface area (Å²) in [5.74, 6) is -1.28. The normalized spacial score (nSPS) is 14.1. The average molecular weight is 396 g/mol. The van der Waals surface area contributed by atoms with Crippen LogP contribution in [0.15, 0.2) is 42.1 Å². The van der Waals surface area contributed by atoms with Crippen molar-refractivity contribution in [3.8, 4) is 0 Å². The quantitative estimate of drug-likeness (QED) is 0.664. The molecular weight excluding hydrogens is 388 g/mol. The molecule has 0 amide bonds. The smallest absolute Gasteiger partial charge is 0.206 e. The van der Waals surface area contributed by atoms with Gasteiger partial charge in [-0.05, 0) is 18.6 Å². The molecule has 1 aromatic heterocycles. The van der Waals surface area contributed by atoms with Gasteiger partial charge in [-0.3, -0.25) is 0 Å². The van der Waals surface area contributed by atoms with E-state index < -0.39 is 11.7 Å². The van der Waals surface area contributed by atoms with Gasteiger partial charge in [-0.15, -0.1) is 8.78 Å². The molecule has 1 heterocycles. The third kappa shape index (κ3) is 2.67. The van der Waals surface area contributed by atoms with Crippen LogP contribution in [0.2, 0.25) is 0 Å². The van der Waals surface area contributed by atoms with Gasteiger partial charge in [-0.25, -0.2) is 4.98 Å². The molecule has 16 heavy (non-hydrogen) atoms. The topological polar surface area (TPSA) is 12.9 Å². The van der Waals surface area contributed by atoms with Gasteiger partial charge in [0.25, 0.3) is 0 Å². The second-order valence-electron chi connectivity index (χ2n) is 3.26. The molecule has 1 aromatic rings. The van der Waals surface area contributed by atoms with Crippen LogP contribution in [-0.4, -0.2) is 4.98 Å². The summed E-state index contributed by atoms with van der Waals surface area (Å²) in [5, 5.41) is 0. The van der Waals surface area contributed by atoms with Crippen LogP contribution >= 0.6 is 0 Å². The SMILES string of the molecule is Cc1ccnc(C2=C(F)C=C(F)C=[C+]2)c1.[Ir]. The van der Waals surface area contributed by atoms with Crippen LogP contribution in [0, 0.1) is 13.0 Å². The Hall–Kier alpha value is -1.21. The zero-order valence-corrected chi connectivity index (χ0v) is 10.8. The molecule has 1 aliphatic carbocycles. The first kappa shape index (κ1) is 12.9. The Morgan fingerprint density at radius 3 is 2.69 bits per heavy atom. The number of allylic oxidation sites excluding steroid dienone is 6. The predicted molar refractivity (Wildman–Crippen MR) is 54.0 cm³/mol. The monoisotopic (exact) mass is 397 g/mol. The van der Waals surface area contributed by atoms with Crippen LogP contribution in [0.5, 0.6) is 0 Å². The molecule has 0 unspecified atom stereocenters. The molecule has 1 radical (unpaired) electrons. The van der Waals surface area contributed by atoms with Crippen molar-refractivity contribution in [1.29, 1.82) is 0 Å². The Kier molecular flexibility index (Phi) is 4.19. The van der Waals surface area contributed by atoms with Gasteiger partial charge >= 0.3 is 0 Å². The minimum atomic E-state index is -0.645. The molecule has 0 saturated carbocycles. The largest absolute Gasteiger partial charge is 0.236 e. The first-order chi connectivity index (χ1) is 7.16. The third-order valence-corrected chi connectivity index (χ3v) is 2.03. The van der Waals surface area contributed by atoms with Crippen LogP contribution in [0.25, 0.3) is 5.57 Å². The van der Waals surface area contributed by atoms with E-state index in [1.807, 2.05) is 13.0 Å². The van der Waals surface area contributed by atoms with E-state index in [1.165, 1.54) is 0 Å². The molecule has 0 atom stereocenters. The van der Waals surface area contributed by atoms with Gasteiger partial charge < -0.3 is 0 Å². The van der Waals surface area contributed by atoms with Crippen molar-refractivity contribution >= 4 is 5.57 Å². The summed E-state index contributed by atoms with van der Waals surface area (Å²) in [6.45, 7) is 1.88. The fourth-order valence-electron chi connectivity index (χ4n) is 1.31. The number of aromatic nitrogens is 1. The molecule has 0 N–H and O–H groups in total. The van der Waals surface area contributed by atoms with Crippen LogP contribution in [0.3, 0.4) is 0 Å². The third-order valence-electron chi connectivity index (χ3n) is 2.03. The molecule has 2 rings (SSSR count). The van der Waals surface area contributed by atoms with E-state index in [0.29, 0.717) is 5.69 Å².